The quantitative estimate of drug-likeness (QED) is 0.639. The van der Waals surface area contributed by atoms with Crippen LogP contribution in [0.3, 0.4) is 0 Å². The Bertz CT molecular complexity index is 652. The number of esters is 2. The Labute approximate surface area is 174 Å². The van der Waals surface area contributed by atoms with Gasteiger partial charge in [-0.3, -0.25) is 9.59 Å². The fraction of sp³-hybridized carbons (Fsp3) is 0.750. The van der Waals surface area contributed by atoms with Crippen LogP contribution in [0.25, 0.3) is 0 Å². The molecule has 1 aliphatic heterocycles. The van der Waals surface area contributed by atoms with E-state index in [1.807, 2.05) is 0 Å². The zero-order valence-electron chi connectivity index (χ0n) is 18.0. The average Bonchev–Trinajstić information content (AvgIpc) is 2.65. The van der Waals surface area contributed by atoms with Gasteiger partial charge >= 0.3 is 11.9 Å². The van der Waals surface area contributed by atoms with Crippen LogP contribution in [-0.2, 0) is 19.1 Å². The molecule has 7 atom stereocenters. The Hall–Kier alpha value is -1.62. The summed E-state index contributed by atoms with van der Waals surface area (Å²) >= 11 is 0. The summed E-state index contributed by atoms with van der Waals surface area (Å²) in [5.74, 6) is 0.891. The van der Waals surface area contributed by atoms with E-state index in [1.165, 1.54) is 5.57 Å². The lowest BCUT2D eigenvalue weighted by Crippen LogP contribution is -2.41. The van der Waals surface area contributed by atoms with Crippen molar-refractivity contribution in [3.8, 4) is 0 Å². The van der Waals surface area contributed by atoms with Crippen LogP contribution < -0.4 is 0 Å². The second-order valence-corrected chi connectivity index (χ2v) is 9.20. The molecule has 1 N–H and O–H groups in total. The molecule has 0 saturated carbocycles. The number of cyclic esters (lactones) is 1. The number of hydrogen-bond acceptors (Lipinski definition) is 5. The summed E-state index contributed by atoms with van der Waals surface area (Å²) < 4.78 is 11.5. The molecule has 0 radical (unpaired) electrons. The average molecular weight is 405 g/mol. The molecule has 5 heteroatoms. The standard InChI is InChI=1S/C24H36O5/c1-4-5-6-22(26)29-21-12-15(2)11-17-8-7-16(3)20(24(17)21)10-9-19-13-18(25)14-23(27)28-19/h7-8,11,15-16,18-21,24-25H,4-6,9-10,12-14H2,1-3H3. The molecule has 3 aliphatic rings. The monoisotopic (exact) mass is 404 g/mol. The van der Waals surface area contributed by atoms with Gasteiger partial charge in [0.15, 0.2) is 0 Å². The zero-order valence-corrected chi connectivity index (χ0v) is 18.0. The lowest BCUT2D eigenvalue weighted by atomic mass is 9.65. The molecule has 2 aliphatic carbocycles. The molecule has 1 fully saturated rings. The number of aliphatic hydroxyl groups is 1. The summed E-state index contributed by atoms with van der Waals surface area (Å²) in [6.07, 6.45) is 11.3. The summed E-state index contributed by atoms with van der Waals surface area (Å²) in [5, 5.41) is 9.89. The van der Waals surface area contributed by atoms with Gasteiger partial charge in [0.1, 0.15) is 12.2 Å². The fourth-order valence-electron chi connectivity index (χ4n) is 5.19. The normalized spacial score (nSPS) is 36.8. The molecule has 3 rings (SSSR count). The number of carbonyl (C=O) groups excluding carboxylic acids is 2. The molecule has 0 bridgehead atoms. The molecule has 0 aromatic heterocycles. The van der Waals surface area contributed by atoms with Crippen LogP contribution >= 0.6 is 0 Å². The van der Waals surface area contributed by atoms with Crippen LogP contribution in [-0.4, -0.2) is 35.4 Å². The molecule has 5 nitrogen and oxygen atoms in total. The van der Waals surface area contributed by atoms with Crippen molar-refractivity contribution >= 4 is 11.9 Å². The van der Waals surface area contributed by atoms with Gasteiger partial charge in [0.25, 0.3) is 0 Å². The smallest absolute Gasteiger partial charge is 0.308 e. The molecule has 162 valence electrons. The Morgan fingerprint density at radius 2 is 2.07 bits per heavy atom. The first-order valence-electron chi connectivity index (χ1n) is 11.3. The van der Waals surface area contributed by atoms with Gasteiger partial charge in [-0.05, 0) is 49.0 Å². The van der Waals surface area contributed by atoms with Gasteiger partial charge in [-0.15, -0.1) is 0 Å². The number of ether oxygens (including phenoxy) is 2. The summed E-state index contributed by atoms with van der Waals surface area (Å²) in [5.41, 5.74) is 1.28. The van der Waals surface area contributed by atoms with Crippen molar-refractivity contribution in [3.63, 3.8) is 0 Å². The first-order chi connectivity index (χ1) is 13.9. The highest BCUT2D eigenvalue weighted by Crippen LogP contribution is 2.45. The molecule has 0 spiro atoms. The van der Waals surface area contributed by atoms with Crippen molar-refractivity contribution < 1.29 is 24.2 Å². The van der Waals surface area contributed by atoms with E-state index in [-0.39, 0.29) is 36.5 Å². The Morgan fingerprint density at radius 1 is 1.28 bits per heavy atom. The van der Waals surface area contributed by atoms with E-state index in [9.17, 15) is 14.7 Å². The third-order valence-electron chi connectivity index (χ3n) is 6.67. The van der Waals surface area contributed by atoms with E-state index in [1.54, 1.807) is 0 Å². The number of rotatable bonds is 7. The number of allylic oxidation sites excluding steroid dienone is 3. The second kappa shape index (κ2) is 9.92. The van der Waals surface area contributed by atoms with Gasteiger partial charge in [-0.1, -0.05) is 45.4 Å². The third kappa shape index (κ3) is 5.71. The minimum atomic E-state index is -0.594. The van der Waals surface area contributed by atoms with E-state index in [0.29, 0.717) is 30.6 Å². The van der Waals surface area contributed by atoms with Crippen molar-refractivity contribution in [2.75, 3.05) is 0 Å². The van der Waals surface area contributed by atoms with Crippen LogP contribution in [0.15, 0.2) is 23.8 Å². The molecule has 7 unspecified atom stereocenters. The van der Waals surface area contributed by atoms with Crippen LogP contribution in [0, 0.1) is 23.7 Å². The molecule has 0 aromatic carbocycles. The zero-order chi connectivity index (χ0) is 21.0. The van der Waals surface area contributed by atoms with Crippen LogP contribution in [0.4, 0.5) is 0 Å². The molecular weight excluding hydrogens is 368 g/mol. The fourth-order valence-corrected chi connectivity index (χ4v) is 5.19. The predicted octanol–water partition coefficient (Wildman–Crippen LogP) is 4.34. The van der Waals surface area contributed by atoms with Gasteiger partial charge in [0.2, 0.25) is 0 Å². The van der Waals surface area contributed by atoms with E-state index < -0.39 is 6.10 Å². The first kappa shape index (κ1) is 22.1. The molecule has 0 amide bonds. The maximum Gasteiger partial charge on any atom is 0.308 e. The van der Waals surface area contributed by atoms with E-state index in [4.69, 9.17) is 9.47 Å². The van der Waals surface area contributed by atoms with E-state index in [2.05, 4.69) is 39.0 Å². The number of aliphatic hydroxyl groups excluding tert-OH is 1. The highest BCUT2D eigenvalue weighted by Gasteiger charge is 2.41. The highest BCUT2D eigenvalue weighted by atomic mass is 16.5. The maximum absolute atomic E-state index is 12.4. The van der Waals surface area contributed by atoms with Gasteiger partial charge in [0, 0.05) is 18.8 Å². The second-order valence-electron chi connectivity index (χ2n) is 9.20. The summed E-state index contributed by atoms with van der Waals surface area (Å²) in [6.45, 7) is 6.48. The molecule has 0 aromatic rings. The lowest BCUT2D eigenvalue weighted by molar-refractivity contribution is -0.161. The summed E-state index contributed by atoms with van der Waals surface area (Å²) in [6, 6.07) is 0. The summed E-state index contributed by atoms with van der Waals surface area (Å²) in [7, 11) is 0. The van der Waals surface area contributed by atoms with Crippen LogP contribution in [0.2, 0.25) is 0 Å². The first-order valence-corrected chi connectivity index (χ1v) is 11.3. The van der Waals surface area contributed by atoms with Crippen LogP contribution in [0.1, 0.15) is 72.1 Å². The largest absolute Gasteiger partial charge is 0.462 e. The Morgan fingerprint density at radius 3 is 2.79 bits per heavy atom. The van der Waals surface area contributed by atoms with E-state index >= 15 is 0 Å². The lowest BCUT2D eigenvalue weighted by Gasteiger charge is -2.43. The van der Waals surface area contributed by atoms with Gasteiger partial charge in [-0.25, -0.2) is 0 Å². The summed E-state index contributed by atoms with van der Waals surface area (Å²) in [4.78, 5) is 24.0. The number of unbranched alkanes of at least 4 members (excludes halogenated alkanes) is 1. The highest BCUT2D eigenvalue weighted by molar-refractivity contribution is 5.71. The number of fused-ring (bicyclic) bond motifs is 1. The van der Waals surface area contributed by atoms with Crippen molar-refractivity contribution in [1.29, 1.82) is 0 Å². The van der Waals surface area contributed by atoms with Crippen molar-refractivity contribution in [2.24, 2.45) is 23.7 Å². The minimum absolute atomic E-state index is 0.0874. The Balaban J connectivity index is 1.71. The predicted molar refractivity (Wildman–Crippen MR) is 111 cm³/mol. The Kier molecular flexibility index (Phi) is 7.55. The molecular formula is C24H36O5. The number of hydrogen-bond donors (Lipinski definition) is 1. The SMILES string of the molecule is CCCCC(=O)OC1CC(C)C=C2C=CC(C)C(CCC3CC(O)CC(=O)O3)C21. The van der Waals surface area contributed by atoms with E-state index in [0.717, 1.165) is 32.1 Å². The van der Waals surface area contributed by atoms with Gasteiger partial charge in [0.05, 0.1) is 12.5 Å². The molecule has 1 saturated heterocycles. The van der Waals surface area contributed by atoms with Gasteiger partial charge in [-0.2, -0.15) is 0 Å². The molecule has 29 heavy (non-hydrogen) atoms. The van der Waals surface area contributed by atoms with Crippen molar-refractivity contribution in [2.45, 2.75) is 90.4 Å². The number of carbonyl (C=O) groups is 2. The van der Waals surface area contributed by atoms with Gasteiger partial charge < -0.3 is 14.6 Å². The molecule has 1 heterocycles. The minimum Gasteiger partial charge on any atom is -0.462 e. The topological polar surface area (TPSA) is 72.8 Å². The third-order valence-corrected chi connectivity index (χ3v) is 6.67. The van der Waals surface area contributed by atoms with Crippen LogP contribution in [0.5, 0.6) is 0 Å². The maximum atomic E-state index is 12.4. The van der Waals surface area contributed by atoms with Crippen molar-refractivity contribution in [3.05, 3.63) is 23.8 Å². The van der Waals surface area contributed by atoms with Crippen molar-refractivity contribution in [1.82, 2.24) is 0 Å².